The third-order valence-corrected chi connectivity index (χ3v) is 10.7. The molecule has 138 valence electrons. The maximum absolute atomic E-state index is 5.86. The topological polar surface area (TPSA) is 58.5 Å². The van der Waals surface area contributed by atoms with Crippen LogP contribution >= 0.6 is 120 Å². The predicted molar refractivity (Wildman–Crippen MR) is 139 cm³/mol. The molecule has 14 heteroatoms. The lowest BCUT2D eigenvalue weighted by Crippen LogP contribution is -2.53. The molecule has 0 bridgehead atoms. The number of nitrogens with zero attached hydrogens (tertiary/aromatic N) is 2. The van der Waals surface area contributed by atoms with Crippen LogP contribution in [-0.2, 0) is 0 Å². The Balaban J connectivity index is 6.10. The van der Waals surface area contributed by atoms with Gasteiger partial charge in [0, 0.05) is 30.8 Å². The molecule has 0 amide bonds. The summed E-state index contributed by atoms with van der Waals surface area (Å²) in [6, 6.07) is 0. The van der Waals surface area contributed by atoms with E-state index in [0.717, 1.165) is 0 Å². The van der Waals surface area contributed by atoms with Gasteiger partial charge in [-0.1, -0.05) is 72.4 Å². The molecule has 0 radical (unpaired) electrons. The molecule has 0 heterocycles. The normalized spacial score (nSPS) is 11.0. The molecule has 0 atom stereocenters. The molecular formula is C10H18N4S10. The van der Waals surface area contributed by atoms with Crippen LogP contribution < -0.4 is 11.5 Å². The van der Waals surface area contributed by atoms with Gasteiger partial charge >= 0.3 is 0 Å². The van der Waals surface area contributed by atoms with Crippen molar-refractivity contribution in [1.82, 2.24) is 7.42 Å². The maximum atomic E-state index is 5.86. The van der Waals surface area contributed by atoms with Gasteiger partial charge in [0.2, 0.25) is 0 Å². The van der Waals surface area contributed by atoms with E-state index in [4.69, 9.17) is 60.3 Å². The van der Waals surface area contributed by atoms with Gasteiger partial charge in [0.15, 0.2) is 0 Å². The molecular weight excluding hydrogens is 497 g/mol. The van der Waals surface area contributed by atoms with Crippen LogP contribution in [0.15, 0.2) is 0 Å². The predicted octanol–water partition coefficient (Wildman–Crippen LogP) is 4.05. The lowest BCUT2D eigenvalue weighted by Gasteiger charge is -2.39. The van der Waals surface area contributed by atoms with Gasteiger partial charge in [0.1, 0.15) is 23.4 Å². The molecule has 0 aliphatic carbocycles. The molecule has 0 unspecified atom stereocenters. The largest absolute Gasteiger partial charge is 0.385 e. The standard InChI is InChI=1S/C10H18N4S10/c1-19-13(20-2)6(15)10(24-9(12)18,5-23-8(11)17)7(16)14(21-3)22-4/h5H2,1-4H3,(H2,11,17)(H2,12,18). The van der Waals surface area contributed by atoms with Crippen molar-refractivity contribution in [3.8, 4) is 0 Å². The Labute approximate surface area is 191 Å². The average molecular weight is 515 g/mol. The minimum atomic E-state index is -0.803. The Kier molecular flexibility index (Phi) is 13.8. The molecule has 0 aliphatic rings. The monoisotopic (exact) mass is 514 g/mol. The molecule has 4 nitrogen and oxygen atoms in total. The summed E-state index contributed by atoms with van der Waals surface area (Å²) in [5.74, 6) is 0.456. The second-order valence-electron chi connectivity index (χ2n) is 3.71. The highest BCUT2D eigenvalue weighted by Gasteiger charge is 2.46. The first-order valence-electron chi connectivity index (χ1n) is 5.96. The molecule has 0 aliphatic heterocycles. The second-order valence-corrected chi connectivity index (χ2v) is 11.6. The van der Waals surface area contributed by atoms with Crippen molar-refractivity contribution in [3.05, 3.63) is 0 Å². The summed E-state index contributed by atoms with van der Waals surface area (Å²) in [7, 11) is 0. The Morgan fingerprint density at radius 2 is 1.17 bits per heavy atom. The van der Waals surface area contributed by atoms with Gasteiger partial charge in [-0.2, -0.15) is 0 Å². The highest BCUT2D eigenvalue weighted by molar-refractivity contribution is 8.28. The van der Waals surface area contributed by atoms with Crippen LogP contribution in [0.25, 0.3) is 0 Å². The molecule has 0 aromatic carbocycles. The number of hydrogen-bond acceptors (Lipinski definition) is 10. The molecule has 0 aromatic rings. The quantitative estimate of drug-likeness (QED) is 0.343. The summed E-state index contributed by atoms with van der Waals surface area (Å²) in [6.45, 7) is 0. The zero-order chi connectivity index (χ0) is 18.9. The van der Waals surface area contributed by atoms with Crippen molar-refractivity contribution in [2.24, 2.45) is 11.5 Å². The number of rotatable bonds is 9. The minimum Gasteiger partial charge on any atom is -0.385 e. The Bertz CT molecular complexity index is 452. The van der Waals surface area contributed by atoms with E-state index in [1.54, 1.807) is 0 Å². The van der Waals surface area contributed by atoms with Crippen LogP contribution in [0.2, 0.25) is 0 Å². The van der Waals surface area contributed by atoms with Crippen molar-refractivity contribution in [1.29, 1.82) is 0 Å². The SMILES string of the molecule is CSN(SC)C(=S)C(CSC(N)=S)(SC(N)=S)C(=S)N(SC)SC. The molecule has 0 spiro atoms. The highest BCUT2D eigenvalue weighted by Crippen LogP contribution is 2.41. The van der Waals surface area contributed by atoms with Crippen molar-refractivity contribution < 1.29 is 0 Å². The summed E-state index contributed by atoms with van der Waals surface area (Å²) >= 11 is 30.4. The second kappa shape index (κ2) is 12.9. The fourth-order valence-corrected chi connectivity index (χ4v) is 8.23. The number of thiocarbonyl (C=S) groups is 4. The summed E-state index contributed by atoms with van der Waals surface area (Å²) < 4.78 is 3.64. The first-order valence-corrected chi connectivity index (χ1v) is 14.1. The average Bonchev–Trinajstić information content (AvgIpc) is 2.53. The zero-order valence-electron chi connectivity index (χ0n) is 13.3. The first kappa shape index (κ1) is 25.7. The highest BCUT2D eigenvalue weighted by atomic mass is 32.2. The lowest BCUT2D eigenvalue weighted by molar-refractivity contribution is 0.981. The van der Waals surface area contributed by atoms with Gasteiger partial charge in [0.05, 0.1) is 0 Å². The Morgan fingerprint density at radius 1 is 0.792 bits per heavy atom. The molecule has 0 aromatic heterocycles. The van der Waals surface area contributed by atoms with E-state index in [1.165, 1.54) is 71.3 Å². The van der Waals surface area contributed by atoms with Crippen LogP contribution in [0.5, 0.6) is 0 Å². The van der Waals surface area contributed by atoms with Crippen molar-refractivity contribution in [3.63, 3.8) is 0 Å². The van der Waals surface area contributed by atoms with Gasteiger partial charge in [-0.3, -0.25) is 7.42 Å². The molecule has 24 heavy (non-hydrogen) atoms. The van der Waals surface area contributed by atoms with Crippen molar-refractivity contribution >= 4 is 139 Å². The third kappa shape index (κ3) is 7.35. The van der Waals surface area contributed by atoms with E-state index >= 15 is 0 Å². The fraction of sp³-hybridized carbons (Fsp3) is 0.600. The lowest BCUT2D eigenvalue weighted by atomic mass is 10.1. The minimum absolute atomic E-state index is 0.271. The number of hydrogen-bond donors (Lipinski definition) is 2. The van der Waals surface area contributed by atoms with E-state index < -0.39 is 4.75 Å². The van der Waals surface area contributed by atoms with Gasteiger partial charge in [-0.25, -0.2) is 0 Å². The molecule has 4 N–H and O–H groups in total. The van der Waals surface area contributed by atoms with Crippen LogP contribution in [0.1, 0.15) is 0 Å². The van der Waals surface area contributed by atoms with Crippen molar-refractivity contribution in [2.45, 2.75) is 4.75 Å². The summed E-state index contributed by atoms with van der Waals surface area (Å²) in [4.78, 5) is 1.25. The van der Waals surface area contributed by atoms with Crippen LogP contribution in [-0.4, -0.2) is 61.6 Å². The van der Waals surface area contributed by atoms with E-state index in [2.05, 4.69) is 0 Å². The number of nitrogens with two attached hydrogens (primary N) is 2. The van der Waals surface area contributed by atoms with Crippen LogP contribution in [0.4, 0.5) is 0 Å². The summed E-state index contributed by atoms with van der Waals surface area (Å²) in [6.07, 6.45) is 7.79. The van der Waals surface area contributed by atoms with Crippen molar-refractivity contribution in [2.75, 3.05) is 30.8 Å². The smallest absolute Gasteiger partial charge is 0.136 e. The Hall–Kier alpha value is 1.66. The molecule has 0 saturated heterocycles. The molecule has 0 saturated carbocycles. The number of thioether (sulfide) groups is 2. The molecule has 0 fully saturated rings. The van der Waals surface area contributed by atoms with E-state index in [0.29, 0.717) is 20.1 Å². The van der Waals surface area contributed by atoms with Crippen LogP contribution in [0, 0.1) is 0 Å². The van der Waals surface area contributed by atoms with E-state index in [9.17, 15) is 0 Å². The zero-order valence-corrected chi connectivity index (χ0v) is 21.5. The van der Waals surface area contributed by atoms with Gasteiger partial charge in [-0.05, 0) is 47.8 Å². The summed E-state index contributed by atoms with van der Waals surface area (Å²) in [5, 5.41) is 0. The first-order chi connectivity index (χ1) is 11.2. The van der Waals surface area contributed by atoms with Gasteiger partial charge < -0.3 is 11.5 Å². The van der Waals surface area contributed by atoms with Gasteiger partial charge in [-0.15, -0.1) is 0 Å². The fourth-order valence-electron chi connectivity index (χ4n) is 1.45. The Morgan fingerprint density at radius 3 is 1.42 bits per heavy atom. The summed E-state index contributed by atoms with van der Waals surface area (Å²) in [5.41, 5.74) is 11.6. The third-order valence-electron chi connectivity index (χ3n) is 2.38. The molecule has 0 rings (SSSR count). The maximum Gasteiger partial charge on any atom is 0.136 e. The van der Waals surface area contributed by atoms with Gasteiger partial charge in [0.25, 0.3) is 0 Å². The van der Waals surface area contributed by atoms with Crippen LogP contribution in [0.3, 0.4) is 0 Å². The van der Waals surface area contributed by atoms with E-state index in [1.807, 2.05) is 32.4 Å². The van der Waals surface area contributed by atoms with E-state index in [-0.39, 0.29) is 4.32 Å².